The normalized spacial score (nSPS) is 23.1. The summed E-state index contributed by atoms with van der Waals surface area (Å²) < 4.78 is 23.8. The third kappa shape index (κ3) is 3.79. The van der Waals surface area contributed by atoms with E-state index in [1.165, 1.54) is 0 Å². The van der Waals surface area contributed by atoms with Crippen LogP contribution in [0.1, 0.15) is 12.0 Å². The Kier molecular flexibility index (Phi) is 4.30. The summed E-state index contributed by atoms with van der Waals surface area (Å²) >= 11 is 3.35. The van der Waals surface area contributed by atoms with Crippen molar-refractivity contribution in [3.63, 3.8) is 0 Å². The average molecular weight is 347 g/mol. The zero-order valence-electron chi connectivity index (χ0n) is 10.3. The lowest BCUT2D eigenvalue weighted by Gasteiger charge is -2.18. The molecule has 0 aromatic heterocycles. The van der Waals surface area contributed by atoms with Gasteiger partial charge in [0.25, 0.3) is 0 Å². The molecule has 1 aliphatic rings. The molecule has 1 heterocycles. The molecule has 1 aliphatic heterocycles. The van der Waals surface area contributed by atoms with Gasteiger partial charge in [0.05, 0.1) is 17.4 Å². The van der Waals surface area contributed by atoms with Crippen molar-refractivity contribution in [3.05, 3.63) is 34.3 Å². The topological polar surface area (TPSA) is 71.4 Å². The second-order valence-corrected chi connectivity index (χ2v) is 8.09. The molecule has 0 amide bonds. The van der Waals surface area contributed by atoms with Crippen LogP contribution < -0.4 is 0 Å². The maximum atomic E-state index is 11.5. The van der Waals surface area contributed by atoms with Gasteiger partial charge in [0.15, 0.2) is 9.84 Å². The molecule has 19 heavy (non-hydrogen) atoms. The maximum absolute atomic E-state index is 11.5. The molecule has 0 bridgehead atoms. The van der Waals surface area contributed by atoms with E-state index in [9.17, 15) is 18.3 Å². The SMILES string of the molecule is O=C(O)[C@H](Cc1cccc(Br)c1)[C@H]1CCS(=O)(=O)C1. The Morgan fingerprint density at radius 1 is 1.47 bits per heavy atom. The third-order valence-electron chi connectivity index (χ3n) is 3.50. The largest absolute Gasteiger partial charge is 0.481 e. The standard InChI is InChI=1S/C13H15BrO4S/c14-11-3-1-2-9(6-11)7-12(13(15)16)10-4-5-19(17,18)8-10/h1-3,6,10,12H,4-5,7-8H2,(H,15,16)/t10-,12+/m0/s1. The highest BCUT2D eigenvalue weighted by Crippen LogP contribution is 2.29. The first-order valence-corrected chi connectivity index (χ1v) is 8.66. The molecule has 2 rings (SSSR count). The molecule has 1 aromatic rings. The number of hydrogen-bond donors (Lipinski definition) is 1. The lowest BCUT2D eigenvalue weighted by Crippen LogP contribution is -2.26. The molecule has 1 saturated heterocycles. The van der Waals surface area contributed by atoms with Gasteiger partial charge in [-0.3, -0.25) is 4.79 Å². The number of carbonyl (C=O) groups is 1. The number of sulfone groups is 1. The molecule has 2 atom stereocenters. The van der Waals surface area contributed by atoms with Crippen LogP contribution in [0.25, 0.3) is 0 Å². The highest BCUT2D eigenvalue weighted by Gasteiger charge is 2.37. The minimum Gasteiger partial charge on any atom is -0.481 e. The molecule has 104 valence electrons. The van der Waals surface area contributed by atoms with E-state index in [1.54, 1.807) is 0 Å². The second-order valence-electron chi connectivity index (χ2n) is 4.94. The summed E-state index contributed by atoms with van der Waals surface area (Å²) in [4.78, 5) is 11.4. The minimum absolute atomic E-state index is 0.00201. The summed E-state index contributed by atoms with van der Waals surface area (Å²) in [6, 6.07) is 7.46. The van der Waals surface area contributed by atoms with Crippen molar-refractivity contribution in [2.45, 2.75) is 12.8 Å². The molecule has 0 unspecified atom stereocenters. The van der Waals surface area contributed by atoms with Crippen LogP contribution in [-0.4, -0.2) is 31.0 Å². The van der Waals surface area contributed by atoms with Crippen molar-refractivity contribution < 1.29 is 18.3 Å². The molecule has 0 spiro atoms. The smallest absolute Gasteiger partial charge is 0.307 e. The van der Waals surface area contributed by atoms with Crippen molar-refractivity contribution in [1.29, 1.82) is 0 Å². The van der Waals surface area contributed by atoms with Crippen LogP contribution in [0.15, 0.2) is 28.7 Å². The van der Waals surface area contributed by atoms with Crippen LogP contribution in [0.5, 0.6) is 0 Å². The molecule has 4 nitrogen and oxygen atoms in total. The van der Waals surface area contributed by atoms with Crippen LogP contribution in [0.4, 0.5) is 0 Å². The quantitative estimate of drug-likeness (QED) is 0.906. The van der Waals surface area contributed by atoms with E-state index in [4.69, 9.17) is 0 Å². The van der Waals surface area contributed by atoms with Crippen LogP contribution >= 0.6 is 15.9 Å². The molecule has 0 saturated carbocycles. The van der Waals surface area contributed by atoms with Gasteiger partial charge in [-0.2, -0.15) is 0 Å². The Morgan fingerprint density at radius 2 is 2.21 bits per heavy atom. The molecule has 1 aromatic carbocycles. The summed E-state index contributed by atoms with van der Waals surface area (Å²) in [5.41, 5.74) is 0.908. The molecule has 1 N–H and O–H groups in total. The Morgan fingerprint density at radius 3 is 2.74 bits per heavy atom. The number of benzene rings is 1. The average Bonchev–Trinajstić information content (AvgIpc) is 2.66. The van der Waals surface area contributed by atoms with Crippen LogP contribution in [0, 0.1) is 11.8 Å². The molecule has 6 heteroatoms. The first kappa shape index (κ1) is 14.5. The summed E-state index contributed by atoms with van der Waals surface area (Å²) in [7, 11) is -3.05. The van der Waals surface area contributed by atoms with Gasteiger partial charge >= 0.3 is 5.97 Å². The summed E-state index contributed by atoms with van der Waals surface area (Å²) in [6.07, 6.45) is 0.822. The van der Waals surface area contributed by atoms with E-state index >= 15 is 0 Å². The molecule has 0 radical (unpaired) electrons. The molecular formula is C13H15BrO4S. The molecular weight excluding hydrogens is 332 g/mol. The second kappa shape index (κ2) is 5.63. The van der Waals surface area contributed by atoms with Crippen molar-refractivity contribution in [3.8, 4) is 0 Å². The number of halogens is 1. The monoisotopic (exact) mass is 346 g/mol. The Bertz CT molecular complexity index is 582. The summed E-state index contributed by atoms with van der Waals surface area (Å²) in [5.74, 6) is -1.71. The highest BCUT2D eigenvalue weighted by molar-refractivity contribution is 9.10. The predicted molar refractivity (Wildman–Crippen MR) is 75.7 cm³/mol. The summed E-state index contributed by atoms with van der Waals surface area (Å²) in [6.45, 7) is 0. The Hall–Kier alpha value is -0.880. The number of carboxylic acids is 1. The number of hydrogen-bond acceptors (Lipinski definition) is 3. The van der Waals surface area contributed by atoms with Gasteiger partial charge in [-0.25, -0.2) is 8.42 Å². The van der Waals surface area contributed by atoms with E-state index in [0.29, 0.717) is 12.8 Å². The predicted octanol–water partition coefficient (Wildman–Crippen LogP) is 2.13. The lowest BCUT2D eigenvalue weighted by atomic mass is 9.86. The van der Waals surface area contributed by atoms with Crippen LogP contribution in [0.3, 0.4) is 0 Å². The number of aliphatic carboxylic acids is 1. The van der Waals surface area contributed by atoms with E-state index < -0.39 is 21.7 Å². The molecule has 1 fully saturated rings. The Labute approximate surface area is 120 Å². The van der Waals surface area contributed by atoms with Gasteiger partial charge in [-0.1, -0.05) is 28.1 Å². The van der Waals surface area contributed by atoms with E-state index in [0.717, 1.165) is 10.0 Å². The fourth-order valence-electron chi connectivity index (χ4n) is 2.51. The van der Waals surface area contributed by atoms with Crippen molar-refractivity contribution in [2.24, 2.45) is 11.8 Å². The fourth-order valence-corrected chi connectivity index (χ4v) is 4.84. The van der Waals surface area contributed by atoms with E-state index in [1.807, 2.05) is 24.3 Å². The minimum atomic E-state index is -3.05. The van der Waals surface area contributed by atoms with Crippen molar-refractivity contribution in [1.82, 2.24) is 0 Å². The Balaban J connectivity index is 2.16. The van der Waals surface area contributed by atoms with Gasteiger partial charge < -0.3 is 5.11 Å². The van der Waals surface area contributed by atoms with Crippen molar-refractivity contribution >= 4 is 31.7 Å². The van der Waals surface area contributed by atoms with Gasteiger partial charge in [-0.05, 0) is 36.5 Å². The highest BCUT2D eigenvalue weighted by atomic mass is 79.9. The first-order valence-electron chi connectivity index (χ1n) is 6.05. The van der Waals surface area contributed by atoms with Gasteiger partial charge in [0, 0.05) is 4.47 Å². The fraction of sp³-hybridized carbons (Fsp3) is 0.462. The zero-order valence-corrected chi connectivity index (χ0v) is 12.7. The first-order chi connectivity index (χ1) is 8.87. The van der Waals surface area contributed by atoms with Gasteiger partial charge in [0.1, 0.15) is 0 Å². The number of rotatable bonds is 4. The van der Waals surface area contributed by atoms with Gasteiger partial charge in [0.2, 0.25) is 0 Å². The summed E-state index contributed by atoms with van der Waals surface area (Å²) in [5, 5.41) is 9.33. The maximum Gasteiger partial charge on any atom is 0.307 e. The third-order valence-corrected chi connectivity index (χ3v) is 5.79. The zero-order chi connectivity index (χ0) is 14.0. The van der Waals surface area contributed by atoms with Gasteiger partial charge in [-0.15, -0.1) is 0 Å². The molecule has 0 aliphatic carbocycles. The van der Waals surface area contributed by atoms with Crippen LogP contribution in [-0.2, 0) is 21.1 Å². The number of carboxylic acid groups (broad SMARTS) is 1. The van der Waals surface area contributed by atoms with Crippen molar-refractivity contribution in [2.75, 3.05) is 11.5 Å². The lowest BCUT2D eigenvalue weighted by molar-refractivity contribution is -0.143. The van der Waals surface area contributed by atoms with Crippen LogP contribution in [0.2, 0.25) is 0 Å². The van der Waals surface area contributed by atoms with E-state index in [2.05, 4.69) is 15.9 Å². The van der Waals surface area contributed by atoms with E-state index in [-0.39, 0.29) is 17.4 Å².